The van der Waals surface area contributed by atoms with Crippen LogP contribution in [0.25, 0.3) is 0 Å². The van der Waals surface area contributed by atoms with Gasteiger partial charge in [-0.1, -0.05) is 13.0 Å². The summed E-state index contributed by atoms with van der Waals surface area (Å²) < 4.78 is 13.0. The zero-order valence-electron chi connectivity index (χ0n) is 15.3. The van der Waals surface area contributed by atoms with Crippen LogP contribution in [0.2, 0.25) is 0 Å². The molecule has 2 N–H and O–H groups in total. The zero-order valence-corrected chi connectivity index (χ0v) is 15.3. The summed E-state index contributed by atoms with van der Waals surface area (Å²) in [6, 6.07) is 11.7. The Balaban J connectivity index is 2.15. The van der Waals surface area contributed by atoms with Gasteiger partial charge >= 0.3 is 0 Å². The Morgan fingerprint density at radius 1 is 1.04 bits per heavy atom. The van der Waals surface area contributed by atoms with Crippen LogP contribution in [-0.4, -0.2) is 42.8 Å². The molecular formula is C20H22FN3O3. The van der Waals surface area contributed by atoms with E-state index in [1.807, 2.05) is 6.92 Å². The van der Waals surface area contributed by atoms with E-state index in [0.29, 0.717) is 29.8 Å². The first-order chi connectivity index (χ1) is 12.9. The van der Waals surface area contributed by atoms with Crippen LogP contribution < -0.4 is 10.6 Å². The maximum absolute atomic E-state index is 13.0. The molecular weight excluding hydrogens is 349 g/mol. The number of likely N-dealkylation sites (N-methyl/N-ethyl adjacent to an activating group) is 1. The fourth-order valence-electron chi connectivity index (χ4n) is 2.49. The third-order valence-corrected chi connectivity index (χ3v) is 3.87. The highest BCUT2D eigenvalue weighted by atomic mass is 19.1. The van der Waals surface area contributed by atoms with Crippen LogP contribution in [0, 0.1) is 5.82 Å². The van der Waals surface area contributed by atoms with Crippen molar-refractivity contribution in [3.8, 4) is 0 Å². The smallest absolute Gasteiger partial charge is 0.255 e. The quantitative estimate of drug-likeness (QED) is 0.785. The molecule has 0 radical (unpaired) electrons. The SMILES string of the molecule is CCCN(CC(=O)NC)C(=O)c1cccc(NC(=O)c2ccc(F)cc2)c1. The summed E-state index contributed by atoms with van der Waals surface area (Å²) in [4.78, 5) is 38.1. The first-order valence-electron chi connectivity index (χ1n) is 8.61. The molecule has 0 atom stereocenters. The van der Waals surface area contributed by atoms with Gasteiger partial charge in [0.05, 0.1) is 6.54 Å². The van der Waals surface area contributed by atoms with Gasteiger partial charge in [0.1, 0.15) is 5.82 Å². The predicted octanol–water partition coefficient (Wildman–Crippen LogP) is 2.68. The highest BCUT2D eigenvalue weighted by Gasteiger charge is 2.18. The second kappa shape index (κ2) is 9.47. The topological polar surface area (TPSA) is 78.5 Å². The number of benzene rings is 2. The van der Waals surface area contributed by atoms with E-state index in [1.165, 1.54) is 36.2 Å². The third kappa shape index (κ3) is 5.64. The van der Waals surface area contributed by atoms with Crippen molar-refractivity contribution in [2.45, 2.75) is 13.3 Å². The molecule has 0 aliphatic carbocycles. The van der Waals surface area contributed by atoms with Crippen molar-refractivity contribution in [1.29, 1.82) is 0 Å². The molecule has 2 aromatic carbocycles. The van der Waals surface area contributed by atoms with Crippen molar-refractivity contribution < 1.29 is 18.8 Å². The first-order valence-corrected chi connectivity index (χ1v) is 8.61. The fraction of sp³-hybridized carbons (Fsp3) is 0.250. The van der Waals surface area contributed by atoms with Gasteiger partial charge in [-0.25, -0.2) is 4.39 Å². The Morgan fingerprint density at radius 3 is 2.37 bits per heavy atom. The van der Waals surface area contributed by atoms with Gasteiger partial charge in [-0.05, 0) is 48.9 Å². The molecule has 6 nitrogen and oxygen atoms in total. The normalized spacial score (nSPS) is 10.2. The number of rotatable bonds is 7. The van der Waals surface area contributed by atoms with Crippen LogP contribution in [0.4, 0.5) is 10.1 Å². The average molecular weight is 371 g/mol. The van der Waals surface area contributed by atoms with Crippen molar-refractivity contribution in [2.24, 2.45) is 0 Å². The molecule has 0 unspecified atom stereocenters. The lowest BCUT2D eigenvalue weighted by atomic mass is 10.1. The molecule has 0 spiro atoms. The second-order valence-electron chi connectivity index (χ2n) is 5.94. The number of hydrogen-bond donors (Lipinski definition) is 2. The minimum absolute atomic E-state index is 0.0324. The number of carbonyl (C=O) groups is 3. The number of anilines is 1. The Kier molecular flexibility index (Phi) is 7.05. The lowest BCUT2D eigenvalue weighted by Crippen LogP contribution is -2.40. The summed E-state index contributed by atoms with van der Waals surface area (Å²) in [6.45, 7) is 2.33. The molecule has 0 aromatic heterocycles. The highest BCUT2D eigenvalue weighted by Crippen LogP contribution is 2.15. The third-order valence-electron chi connectivity index (χ3n) is 3.87. The lowest BCUT2D eigenvalue weighted by Gasteiger charge is -2.21. The number of hydrogen-bond acceptors (Lipinski definition) is 3. The van der Waals surface area contributed by atoms with Crippen LogP contribution in [-0.2, 0) is 4.79 Å². The van der Waals surface area contributed by atoms with E-state index in [0.717, 1.165) is 0 Å². The van der Waals surface area contributed by atoms with Crippen molar-refractivity contribution in [3.63, 3.8) is 0 Å². The van der Waals surface area contributed by atoms with Crippen LogP contribution >= 0.6 is 0 Å². The lowest BCUT2D eigenvalue weighted by molar-refractivity contribution is -0.121. The van der Waals surface area contributed by atoms with Crippen LogP contribution in [0.3, 0.4) is 0 Å². The molecule has 3 amide bonds. The van der Waals surface area contributed by atoms with Gasteiger partial charge in [0.25, 0.3) is 11.8 Å². The largest absolute Gasteiger partial charge is 0.358 e. The van der Waals surface area contributed by atoms with Gasteiger partial charge in [-0.2, -0.15) is 0 Å². The van der Waals surface area contributed by atoms with E-state index in [-0.39, 0.29) is 18.4 Å². The summed E-state index contributed by atoms with van der Waals surface area (Å²) in [5, 5.41) is 5.19. The molecule has 2 aromatic rings. The van der Waals surface area contributed by atoms with Crippen molar-refractivity contribution in [1.82, 2.24) is 10.2 Å². The number of amides is 3. The fourth-order valence-corrected chi connectivity index (χ4v) is 2.49. The number of halogens is 1. The van der Waals surface area contributed by atoms with Gasteiger partial charge in [-0.3, -0.25) is 14.4 Å². The van der Waals surface area contributed by atoms with Gasteiger partial charge in [0.15, 0.2) is 0 Å². The number of nitrogens with one attached hydrogen (secondary N) is 2. The van der Waals surface area contributed by atoms with Gasteiger partial charge in [0, 0.05) is 30.4 Å². The van der Waals surface area contributed by atoms with E-state index >= 15 is 0 Å². The standard InChI is InChI=1S/C20H22FN3O3/c1-3-11-24(13-18(25)22-2)20(27)15-5-4-6-17(12-15)23-19(26)14-7-9-16(21)10-8-14/h4-10,12H,3,11,13H2,1-2H3,(H,22,25)(H,23,26). The minimum atomic E-state index is -0.425. The summed E-state index contributed by atoms with van der Waals surface area (Å²) in [6.07, 6.45) is 0.712. The molecule has 0 aliphatic heterocycles. The molecule has 0 heterocycles. The van der Waals surface area contributed by atoms with Crippen molar-refractivity contribution >= 4 is 23.4 Å². The monoisotopic (exact) mass is 371 g/mol. The van der Waals surface area contributed by atoms with Gasteiger partial charge < -0.3 is 15.5 Å². The molecule has 0 aliphatic rings. The zero-order chi connectivity index (χ0) is 19.8. The number of carbonyl (C=O) groups excluding carboxylic acids is 3. The van der Waals surface area contributed by atoms with E-state index < -0.39 is 11.7 Å². The Bertz CT molecular complexity index is 821. The predicted molar refractivity (Wildman–Crippen MR) is 101 cm³/mol. The molecule has 27 heavy (non-hydrogen) atoms. The van der Waals surface area contributed by atoms with E-state index in [2.05, 4.69) is 10.6 Å². The first kappa shape index (κ1) is 20.1. The van der Waals surface area contributed by atoms with E-state index in [1.54, 1.807) is 24.3 Å². The Morgan fingerprint density at radius 2 is 1.74 bits per heavy atom. The summed E-state index contributed by atoms with van der Waals surface area (Å²) in [5.74, 6) is -1.38. The summed E-state index contributed by atoms with van der Waals surface area (Å²) in [7, 11) is 1.52. The highest BCUT2D eigenvalue weighted by molar-refractivity contribution is 6.05. The van der Waals surface area contributed by atoms with Crippen LogP contribution in [0.5, 0.6) is 0 Å². The maximum atomic E-state index is 13.0. The summed E-state index contributed by atoms with van der Waals surface area (Å²) >= 11 is 0. The van der Waals surface area contributed by atoms with E-state index in [4.69, 9.17) is 0 Å². The molecule has 0 saturated heterocycles. The van der Waals surface area contributed by atoms with Crippen molar-refractivity contribution in [2.75, 3.05) is 25.5 Å². The molecule has 2 rings (SSSR count). The molecule has 142 valence electrons. The van der Waals surface area contributed by atoms with Crippen LogP contribution in [0.15, 0.2) is 48.5 Å². The molecule has 0 saturated carbocycles. The second-order valence-corrected chi connectivity index (χ2v) is 5.94. The maximum Gasteiger partial charge on any atom is 0.255 e. The number of nitrogens with zero attached hydrogens (tertiary/aromatic N) is 1. The van der Waals surface area contributed by atoms with Crippen LogP contribution in [0.1, 0.15) is 34.1 Å². The minimum Gasteiger partial charge on any atom is -0.358 e. The molecule has 0 bridgehead atoms. The molecule has 0 fully saturated rings. The Labute approximate surface area is 157 Å². The van der Waals surface area contributed by atoms with Gasteiger partial charge in [0.2, 0.25) is 5.91 Å². The van der Waals surface area contributed by atoms with Gasteiger partial charge in [-0.15, -0.1) is 0 Å². The summed E-state index contributed by atoms with van der Waals surface area (Å²) in [5.41, 5.74) is 1.11. The average Bonchev–Trinajstić information content (AvgIpc) is 2.67. The Hall–Kier alpha value is -3.22. The van der Waals surface area contributed by atoms with Crippen molar-refractivity contribution in [3.05, 3.63) is 65.5 Å². The molecule has 7 heteroatoms. The van der Waals surface area contributed by atoms with E-state index in [9.17, 15) is 18.8 Å².